The van der Waals surface area contributed by atoms with Gasteiger partial charge in [-0.3, -0.25) is 9.59 Å². The highest BCUT2D eigenvalue weighted by Gasteiger charge is 2.35. The molecule has 128 valence electrons. The molecule has 1 N–H and O–H groups in total. The number of carbonyl (C=O) groups is 2. The van der Waals surface area contributed by atoms with Crippen molar-refractivity contribution < 1.29 is 14.1 Å². The summed E-state index contributed by atoms with van der Waals surface area (Å²) in [7, 11) is 0. The molecule has 0 bridgehead atoms. The Balaban J connectivity index is 1.81. The maximum Gasteiger partial charge on any atom is 0.257 e. The maximum atomic E-state index is 12.8. The van der Waals surface area contributed by atoms with E-state index in [0.29, 0.717) is 34.0 Å². The molecule has 1 fully saturated rings. The monoisotopic (exact) mass is 348 g/mol. The molecule has 0 spiro atoms. The zero-order chi connectivity index (χ0) is 17.3. The summed E-state index contributed by atoms with van der Waals surface area (Å²) >= 11 is 1.58. The highest BCUT2D eigenvalue weighted by atomic mass is 32.2. The molecule has 2 aromatic heterocycles. The van der Waals surface area contributed by atoms with E-state index in [0.717, 1.165) is 6.42 Å². The van der Waals surface area contributed by atoms with Crippen LogP contribution in [0.5, 0.6) is 0 Å². The van der Waals surface area contributed by atoms with Crippen molar-refractivity contribution in [3.8, 4) is 0 Å². The Morgan fingerprint density at radius 3 is 3.08 bits per heavy atom. The predicted octanol–water partition coefficient (Wildman–Crippen LogP) is 1.96. The van der Waals surface area contributed by atoms with E-state index in [1.54, 1.807) is 29.7 Å². The van der Waals surface area contributed by atoms with E-state index in [1.165, 1.54) is 6.20 Å². The van der Waals surface area contributed by atoms with E-state index in [4.69, 9.17) is 4.52 Å². The van der Waals surface area contributed by atoms with Crippen LogP contribution < -0.4 is 5.32 Å². The molecule has 3 heterocycles. The quantitative estimate of drug-likeness (QED) is 0.909. The number of thioether (sulfide) groups is 1. The van der Waals surface area contributed by atoms with Gasteiger partial charge >= 0.3 is 0 Å². The summed E-state index contributed by atoms with van der Waals surface area (Å²) in [5, 5.41) is 7.52. The first-order valence-corrected chi connectivity index (χ1v) is 9.07. The number of hydrogen-bond acceptors (Lipinski definition) is 6. The van der Waals surface area contributed by atoms with Crippen molar-refractivity contribution in [1.29, 1.82) is 0 Å². The molecule has 1 aliphatic rings. The second kappa shape index (κ2) is 6.80. The second-order valence-electron chi connectivity index (χ2n) is 5.95. The molecule has 3 rings (SSSR count). The van der Waals surface area contributed by atoms with Crippen molar-refractivity contribution in [3.63, 3.8) is 0 Å². The third-order valence-corrected chi connectivity index (χ3v) is 5.22. The average Bonchev–Trinajstić information content (AvgIpc) is 3.21. The minimum absolute atomic E-state index is 0.0951. The number of rotatable bonds is 4. The molecule has 2 amide bonds. The van der Waals surface area contributed by atoms with Crippen LogP contribution in [0.3, 0.4) is 0 Å². The Labute approximate surface area is 144 Å². The van der Waals surface area contributed by atoms with Crippen molar-refractivity contribution >= 4 is 34.7 Å². The molecule has 0 saturated carbocycles. The molecule has 8 heteroatoms. The lowest BCUT2D eigenvalue weighted by atomic mass is 10.1. The summed E-state index contributed by atoms with van der Waals surface area (Å²) in [6, 6.07) is 1.37. The smallest absolute Gasteiger partial charge is 0.257 e. The molecular weight excluding hydrogens is 328 g/mol. The average molecular weight is 348 g/mol. The highest BCUT2D eigenvalue weighted by Crippen LogP contribution is 2.25. The van der Waals surface area contributed by atoms with Gasteiger partial charge < -0.3 is 14.7 Å². The van der Waals surface area contributed by atoms with Crippen LogP contribution in [0, 0.1) is 6.92 Å². The number of pyridine rings is 1. The van der Waals surface area contributed by atoms with Gasteiger partial charge in [-0.05, 0) is 26.3 Å². The summed E-state index contributed by atoms with van der Waals surface area (Å²) in [5.41, 5.74) is 1.54. The topological polar surface area (TPSA) is 88.3 Å². The first-order chi connectivity index (χ1) is 11.5. The van der Waals surface area contributed by atoms with Gasteiger partial charge in [0.2, 0.25) is 5.91 Å². The van der Waals surface area contributed by atoms with E-state index < -0.39 is 6.04 Å². The van der Waals surface area contributed by atoms with Gasteiger partial charge in [-0.1, -0.05) is 12.1 Å². The molecule has 0 unspecified atom stereocenters. The Morgan fingerprint density at radius 2 is 2.33 bits per heavy atom. The van der Waals surface area contributed by atoms with Gasteiger partial charge in [0, 0.05) is 18.0 Å². The van der Waals surface area contributed by atoms with Crippen LogP contribution in [-0.4, -0.2) is 50.6 Å². The SMILES string of the molecule is CC[C@@H](C)NC(=O)[C@@H]1CSCN1C(=O)c1cnc2onc(C)c2c1. The fourth-order valence-electron chi connectivity index (χ4n) is 2.53. The molecule has 1 aliphatic heterocycles. The van der Waals surface area contributed by atoms with Crippen molar-refractivity contribution in [2.45, 2.75) is 39.3 Å². The van der Waals surface area contributed by atoms with E-state index in [-0.39, 0.29) is 17.9 Å². The van der Waals surface area contributed by atoms with E-state index in [1.807, 2.05) is 13.8 Å². The number of aromatic nitrogens is 2. The third kappa shape index (κ3) is 3.10. The van der Waals surface area contributed by atoms with Crippen LogP contribution in [-0.2, 0) is 4.79 Å². The Morgan fingerprint density at radius 1 is 1.54 bits per heavy atom. The molecule has 7 nitrogen and oxygen atoms in total. The standard InChI is InChI=1S/C16H20N4O3S/c1-4-9(2)18-14(21)13-7-24-8-20(13)16(22)11-5-12-10(3)19-23-15(12)17-6-11/h5-6,9,13H,4,7-8H2,1-3H3,(H,18,21)/t9-,13+/m1/s1. The minimum atomic E-state index is -0.448. The number of amides is 2. The zero-order valence-corrected chi connectivity index (χ0v) is 14.7. The zero-order valence-electron chi connectivity index (χ0n) is 13.9. The lowest BCUT2D eigenvalue weighted by Gasteiger charge is -2.24. The van der Waals surface area contributed by atoms with E-state index in [9.17, 15) is 9.59 Å². The summed E-state index contributed by atoms with van der Waals surface area (Å²) in [6.45, 7) is 5.77. The Kier molecular flexibility index (Phi) is 4.75. The Bertz CT molecular complexity index is 776. The van der Waals surface area contributed by atoms with E-state index in [2.05, 4.69) is 15.5 Å². The maximum absolute atomic E-state index is 12.8. The molecular formula is C16H20N4O3S. The van der Waals surface area contributed by atoms with Gasteiger partial charge in [0.1, 0.15) is 6.04 Å². The normalized spacial score (nSPS) is 18.8. The number of hydrogen-bond donors (Lipinski definition) is 1. The number of nitrogens with one attached hydrogen (secondary N) is 1. The van der Waals surface area contributed by atoms with Gasteiger partial charge in [-0.2, -0.15) is 0 Å². The molecule has 2 atom stereocenters. The van der Waals surface area contributed by atoms with Crippen molar-refractivity contribution in [2.24, 2.45) is 0 Å². The number of carbonyl (C=O) groups excluding carboxylic acids is 2. The van der Waals surface area contributed by atoms with Gasteiger partial charge in [-0.15, -0.1) is 11.8 Å². The fraction of sp³-hybridized carbons (Fsp3) is 0.500. The van der Waals surface area contributed by atoms with Crippen LogP contribution in [0.1, 0.15) is 36.3 Å². The molecule has 0 aliphatic carbocycles. The van der Waals surface area contributed by atoms with Gasteiger partial charge in [0.15, 0.2) is 0 Å². The first-order valence-electron chi connectivity index (χ1n) is 7.92. The van der Waals surface area contributed by atoms with Gasteiger partial charge in [0.05, 0.1) is 22.5 Å². The second-order valence-corrected chi connectivity index (χ2v) is 6.95. The summed E-state index contributed by atoms with van der Waals surface area (Å²) in [6.07, 6.45) is 2.33. The van der Waals surface area contributed by atoms with Crippen LogP contribution in [0.4, 0.5) is 0 Å². The molecule has 24 heavy (non-hydrogen) atoms. The summed E-state index contributed by atoms with van der Waals surface area (Å²) < 4.78 is 5.07. The van der Waals surface area contributed by atoms with Crippen molar-refractivity contribution in [3.05, 3.63) is 23.5 Å². The summed E-state index contributed by atoms with van der Waals surface area (Å²) in [4.78, 5) is 31.0. The Hall–Kier alpha value is -2.09. The van der Waals surface area contributed by atoms with Crippen LogP contribution in [0.25, 0.3) is 11.1 Å². The van der Waals surface area contributed by atoms with Crippen LogP contribution in [0.15, 0.2) is 16.8 Å². The lowest BCUT2D eigenvalue weighted by Crippen LogP contribution is -2.49. The van der Waals surface area contributed by atoms with Crippen molar-refractivity contribution in [2.75, 3.05) is 11.6 Å². The predicted molar refractivity (Wildman–Crippen MR) is 91.7 cm³/mol. The van der Waals surface area contributed by atoms with Gasteiger partial charge in [-0.25, -0.2) is 4.98 Å². The highest BCUT2D eigenvalue weighted by molar-refractivity contribution is 7.99. The van der Waals surface area contributed by atoms with E-state index >= 15 is 0 Å². The number of aryl methyl sites for hydroxylation is 1. The number of nitrogens with zero attached hydrogens (tertiary/aromatic N) is 3. The molecule has 1 saturated heterocycles. The first kappa shape index (κ1) is 16.8. The van der Waals surface area contributed by atoms with Gasteiger partial charge in [0.25, 0.3) is 11.6 Å². The third-order valence-electron chi connectivity index (χ3n) is 4.20. The van der Waals surface area contributed by atoms with Crippen LogP contribution in [0.2, 0.25) is 0 Å². The molecule has 0 radical (unpaired) electrons. The lowest BCUT2D eigenvalue weighted by molar-refractivity contribution is -0.125. The number of fused-ring (bicyclic) bond motifs is 1. The molecule has 2 aromatic rings. The fourth-order valence-corrected chi connectivity index (χ4v) is 3.68. The van der Waals surface area contributed by atoms with Crippen molar-refractivity contribution in [1.82, 2.24) is 20.4 Å². The largest absolute Gasteiger partial charge is 0.352 e. The molecule has 0 aromatic carbocycles. The summed E-state index contributed by atoms with van der Waals surface area (Å²) in [5.74, 6) is 0.811. The minimum Gasteiger partial charge on any atom is -0.352 e. The van der Waals surface area contributed by atoms with Crippen LogP contribution >= 0.6 is 11.8 Å².